The number of aromatic nitrogens is 1. The summed E-state index contributed by atoms with van der Waals surface area (Å²) in [6.07, 6.45) is -3.36. The van der Waals surface area contributed by atoms with E-state index in [1.165, 1.54) is 6.20 Å². The van der Waals surface area contributed by atoms with E-state index in [0.29, 0.717) is 0 Å². The molecule has 1 aromatic heterocycles. The first-order valence-electron chi connectivity index (χ1n) is 4.84. The van der Waals surface area contributed by atoms with Crippen LogP contribution in [0.1, 0.15) is 23.2 Å². The van der Waals surface area contributed by atoms with Gasteiger partial charge in [-0.05, 0) is 12.5 Å². The van der Waals surface area contributed by atoms with Crippen LogP contribution < -0.4 is 5.32 Å². The third-order valence-corrected chi connectivity index (χ3v) is 1.94. The molecule has 0 saturated heterocycles. The number of nitrogens with one attached hydrogen (secondary N) is 1. The van der Waals surface area contributed by atoms with Crippen molar-refractivity contribution in [2.24, 2.45) is 0 Å². The van der Waals surface area contributed by atoms with Crippen molar-refractivity contribution in [1.29, 1.82) is 0 Å². The van der Waals surface area contributed by atoms with E-state index >= 15 is 0 Å². The summed E-state index contributed by atoms with van der Waals surface area (Å²) in [6, 6.07) is 1.16. The Morgan fingerprint density at radius 2 is 2.12 bits per heavy atom. The fourth-order valence-corrected chi connectivity index (χ4v) is 1.15. The van der Waals surface area contributed by atoms with Crippen molar-refractivity contribution in [3.63, 3.8) is 0 Å². The quantitative estimate of drug-likeness (QED) is 0.658. The first-order valence-corrected chi connectivity index (χ1v) is 4.84. The van der Waals surface area contributed by atoms with Gasteiger partial charge in [0.05, 0.1) is 11.8 Å². The van der Waals surface area contributed by atoms with Crippen molar-refractivity contribution in [1.82, 2.24) is 10.3 Å². The summed E-state index contributed by atoms with van der Waals surface area (Å²) >= 11 is 0. The summed E-state index contributed by atoms with van der Waals surface area (Å²) < 4.78 is 48.4. The van der Waals surface area contributed by atoms with Gasteiger partial charge in [0.15, 0.2) is 5.82 Å². The maximum absolute atomic E-state index is 13.0. The first-order chi connectivity index (χ1) is 7.90. The molecule has 1 amide bonds. The highest BCUT2D eigenvalue weighted by Gasteiger charge is 2.26. The Morgan fingerprint density at radius 1 is 1.41 bits per heavy atom. The van der Waals surface area contributed by atoms with Gasteiger partial charge in [0.2, 0.25) is 0 Å². The minimum Gasteiger partial charge on any atom is -0.352 e. The van der Waals surface area contributed by atoms with Crippen LogP contribution in [-0.4, -0.2) is 23.6 Å². The molecule has 0 saturated carbocycles. The monoisotopic (exact) mass is 250 g/mol. The summed E-state index contributed by atoms with van der Waals surface area (Å²) in [5.74, 6) is -1.55. The third kappa shape index (κ3) is 4.80. The molecule has 94 valence electrons. The second-order valence-electron chi connectivity index (χ2n) is 3.33. The number of amides is 1. The molecule has 0 spiro atoms. The molecule has 1 heterocycles. The van der Waals surface area contributed by atoms with Crippen LogP contribution in [-0.2, 0) is 0 Å². The zero-order chi connectivity index (χ0) is 12.9. The van der Waals surface area contributed by atoms with Gasteiger partial charge in [0.25, 0.3) is 5.91 Å². The lowest BCUT2D eigenvalue weighted by atomic mass is 10.2. The van der Waals surface area contributed by atoms with E-state index in [1.54, 1.807) is 0 Å². The Hall–Kier alpha value is -1.66. The molecule has 0 bridgehead atoms. The molecule has 3 nitrogen and oxygen atoms in total. The van der Waals surface area contributed by atoms with E-state index in [1.807, 2.05) is 0 Å². The predicted octanol–water partition coefficient (Wildman–Crippen LogP) is 2.29. The van der Waals surface area contributed by atoms with Gasteiger partial charge in [-0.25, -0.2) is 4.39 Å². The van der Waals surface area contributed by atoms with Crippen molar-refractivity contribution in [2.75, 3.05) is 6.54 Å². The van der Waals surface area contributed by atoms with Crippen molar-refractivity contribution < 1.29 is 22.4 Å². The van der Waals surface area contributed by atoms with Crippen LogP contribution in [0.5, 0.6) is 0 Å². The molecule has 0 aliphatic rings. The molecule has 0 aromatic carbocycles. The van der Waals surface area contributed by atoms with Gasteiger partial charge >= 0.3 is 6.18 Å². The Morgan fingerprint density at radius 3 is 2.71 bits per heavy atom. The number of rotatable bonds is 4. The maximum atomic E-state index is 13.0. The van der Waals surface area contributed by atoms with Crippen molar-refractivity contribution >= 4 is 5.91 Å². The van der Waals surface area contributed by atoms with E-state index in [2.05, 4.69) is 10.3 Å². The highest BCUT2D eigenvalue weighted by molar-refractivity contribution is 5.94. The lowest BCUT2D eigenvalue weighted by Gasteiger charge is -2.07. The Kier molecular flexibility index (Phi) is 4.42. The predicted molar refractivity (Wildman–Crippen MR) is 51.8 cm³/mol. The van der Waals surface area contributed by atoms with E-state index in [4.69, 9.17) is 0 Å². The SMILES string of the molecule is O=C(NCCCC(F)(F)F)c1ccncc1F. The van der Waals surface area contributed by atoms with Crippen molar-refractivity contribution in [2.45, 2.75) is 19.0 Å². The number of alkyl halides is 3. The van der Waals surface area contributed by atoms with Gasteiger partial charge in [0, 0.05) is 19.2 Å². The summed E-state index contributed by atoms with van der Waals surface area (Å²) in [6.45, 7) is -0.153. The topological polar surface area (TPSA) is 42.0 Å². The van der Waals surface area contributed by atoms with E-state index < -0.39 is 24.3 Å². The van der Waals surface area contributed by atoms with Crippen molar-refractivity contribution in [3.8, 4) is 0 Å². The molecule has 0 radical (unpaired) electrons. The molecule has 0 atom stereocenters. The van der Waals surface area contributed by atoms with Gasteiger partial charge in [-0.3, -0.25) is 9.78 Å². The molecule has 0 aliphatic carbocycles. The molecule has 17 heavy (non-hydrogen) atoms. The van der Waals surface area contributed by atoms with Crippen LogP contribution in [0.2, 0.25) is 0 Å². The second-order valence-corrected chi connectivity index (χ2v) is 3.33. The van der Waals surface area contributed by atoms with Gasteiger partial charge in [-0.2, -0.15) is 13.2 Å². The number of halogens is 4. The average Bonchev–Trinajstić information content (AvgIpc) is 2.23. The van der Waals surface area contributed by atoms with Crippen LogP contribution in [0.25, 0.3) is 0 Å². The number of nitrogens with zero attached hydrogens (tertiary/aromatic N) is 1. The Balaban J connectivity index is 2.39. The Bertz CT molecular complexity index is 392. The largest absolute Gasteiger partial charge is 0.389 e. The maximum Gasteiger partial charge on any atom is 0.389 e. The first kappa shape index (κ1) is 13.4. The molecule has 1 N–H and O–H groups in total. The number of hydrogen-bond donors (Lipinski definition) is 1. The van der Waals surface area contributed by atoms with E-state index in [-0.39, 0.29) is 18.5 Å². The lowest BCUT2D eigenvalue weighted by Crippen LogP contribution is -2.26. The highest BCUT2D eigenvalue weighted by atomic mass is 19.4. The van der Waals surface area contributed by atoms with Crippen LogP contribution >= 0.6 is 0 Å². The second kappa shape index (κ2) is 5.60. The molecule has 7 heteroatoms. The standard InChI is InChI=1S/C10H10F4N2O/c11-8-6-15-5-2-7(8)9(17)16-4-1-3-10(12,13)14/h2,5-6H,1,3-4H2,(H,16,17). The average molecular weight is 250 g/mol. The van der Waals surface area contributed by atoms with Gasteiger partial charge < -0.3 is 5.32 Å². The van der Waals surface area contributed by atoms with E-state index in [9.17, 15) is 22.4 Å². The van der Waals surface area contributed by atoms with Gasteiger partial charge in [-0.1, -0.05) is 0 Å². The fourth-order valence-electron chi connectivity index (χ4n) is 1.15. The summed E-state index contributed by atoms with van der Waals surface area (Å²) in [4.78, 5) is 14.8. The number of carbonyl (C=O) groups is 1. The summed E-state index contributed by atoms with van der Waals surface area (Å²) in [7, 11) is 0. The normalized spacial score (nSPS) is 11.3. The van der Waals surface area contributed by atoms with Gasteiger partial charge in [0.1, 0.15) is 0 Å². The highest BCUT2D eigenvalue weighted by Crippen LogP contribution is 2.20. The molecule has 0 fully saturated rings. The minimum atomic E-state index is -4.24. The van der Waals surface area contributed by atoms with Crippen LogP contribution in [0.3, 0.4) is 0 Å². The molecule has 0 aliphatic heterocycles. The zero-order valence-corrected chi connectivity index (χ0v) is 8.72. The lowest BCUT2D eigenvalue weighted by molar-refractivity contribution is -0.135. The molecule has 1 rings (SSSR count). The zero-order valence-electron chi connectivity index (χ0n) is 8.72. The number of hydrogen-bond acceptors (Lipinski definition) is 2. The number of carbonyl (C=O) groups excluding carboxylic acids is 1. The minimum absolute atomic E-state index is 0.153. The fraction of sp³-hybridized carbons (Fsp3) is 0.400. The smallest absolute Gasteiger partial charge is 0.352 e. The van der Waals surface area contributed by atoms with Crippen LogP contribution in [0.15, 0.2) is 18.5 Å². The van der Waals surface area contributed by atoms with Gasteiger partial charge in [-0.15, -0.1) is 0 Å². The van der Waals surface area contributed by atoms with Crippen LogP contribution in [0, 0.1) is 5.82 Å². The summed E-state index contributed by atoms with van der Waals surface area (Å²) in [5, 5.41) is 2.21. The molecule has 0 unspecified atom stereocenters. The van der Waals surface area contributed by atoms with Crippen molar-refractivity contribution in [3.05, 3.63) is 29.8 Å². The molecule has 1 aromatic rings. The van der Waals surface area contributed by atoms with Crippen LogP contribution in [0.4, 0.5) is 17.6 Å². The third-order valence-electron chi connectivity index (χ3n) is 1.94. The number of pyridine rings is 1. The molecular weight excluding hydrogens is 240 g/mol. The molecular formula is C10H10F4N2O. The Labute approximate surface area is 94.8 Å². The van der Waals surface area contributed by atoms with E-state index in [0.717, 1.165) is 12.3 Å². The summed E-state index contributed by atoms with van der Waals surface area (Å²) in [5.41, 5.74) is -0.230.